The number of aromatic nitrogens is 2. The molecule has 7 nitrogen and oxygen atoms in total. The first kappa shape index (κ1) is 12.2. The predicted molar refractivity (Wildman–Crippen MR) is 58.4 cm³/mol. The van der Waals surface area contributed by atoms with Crippen molar-refractivity contribution in [2.75, 3.05) is 25.6 Å². The van der Waals surface area contributed by atoms with Crippen molar-refractivity contribution in [2.24, 2.45) is 0 Å². The first-order valence-electron chi connectivity index (χ1n) is 4.82. The van der Waals surface area contributed by atoms with Crippen LogP contribution in [0.4, 0.5) is 10.6 Å². The van der Waals surface area contributed by atoms with E-state index in [-0.39, 0.29) is 11.6 Å². The highest BCUT2D eigenvalue weighted by Gasteiger charge is 2.01. The number of methoxy groups -OCH3 is 1. The van der Waals surface area contributed by atoms with Crippen LogP contribution in [-0.2, 0) is 4.74 Å². The monoisotopic (exact) mass is 226 g/mol. The fourth-order valence-corrected chi connectivity index (χ4v) is 0.993. The third-order valence-corrected chi connectivity index (χ3v) is 1.73. The summed E-state index contributed by atoms with van der Waals surface area (Å²) in [5.41, 5.74) is -0.314. The molecule has 7 heteroatoms. The van der Waals surface area contributed by atoms with Crippen LogP contribution in [0.2, 0.25) is 0 Å². The second-order valence-corrected chi connectivity index (χ2v) is 3.03. The van der Waals surface area contributed by atoms with E-state index < -0.39 is 0 Å². The summed E-state index contributed by atoms with van der Waals surface area (Å²) in [4.78, 5) is 22.0. The number of ether oxygens (including phenoxy) is 1. The van der Waals surface area contributed by atoms with Crippen LogP contribution < -0.4 is 16.2 Å². The Morgan fingerprint density at radius 3 is 3.00 bits per heavy atom. The first-order chi connectivity index (χ1) is 7.72. The number of aromatic amines is 1. The molecule has 1 aromatic heterocycles. The third-order valence-electron chi connectivity index (χ3n) is 1.73. The highest BCUT2D eigenvalue weighted by molar-refractivity contribution is 5.87. The molecule has 0 saturated carbocycles. The number of hydrogen-bond acceptors (Lipinski definition) is 4. The first-order valence-corrected chi connectivity index (χ1v) is 4.82. The minimum Gasteiger partial charge on any atom is -0.385 e. The number of rotatable bonds is 5. The van der Waals surface area contributed by atoms with Gasteiger partial charge in [0.2, 0.25) is 0 Å². The van der Waals surface area contributed by atoms with Crippen LogP contribution >= 0.6 is 0 Å². The van der Waals surface area contributed by atoms with Gasteiger partial charge in [0.25, 0.3) is 5.56 Å². The Balaban J connectivity index is 2.28. The Kier molecular flexibility index (Phi) is 5.00. The Morgan fingerprint density at radius 1 is 1.56 bits per heavy atom. The highest BCUT2D eigenvalue weighted by Crippen LogP contribution is 1.94. The zero-order chi connectivity index (χ0) is 11.8. The van der Waals surface area contributed by atoms with Gasteiger partial charge in [-0.1, -0.05) is 0 Å². The van der Waals surface area contributed by atoms with Gasteiger partial charge in [-0.15, -0.1) is 0 Å². The molecule has 0 bridgehead atoms. The van der Waals surface area contributed by atoms with Gasteiger partial charge in [-0.25, -0.2) is 9.89 Å². The van der Waals surface area contributed by atoms with Gasteiger partial charge in [-0.05, 0) is 12.5 Å². The van der Waals surface area contributed by atoms with E-state index >= 15 is 0 Å². The Bertz CT molecular complexity index is 370. The molecule has 2 amide bonds. The van der Waals surface area contributed by atoms with Crippen molar-refractivity contribution in [3.63, 3.8) is 0 Å². The summed E-state index contributed by atoms with van der Waals surface area (Å²) in [7, 11) is 1.60. The average molecular weight is 226 g/mol. The molecule has 1 rings (SSSR count). The molecule has 3 N–H and O–H groups in total. The van der Waals surface area contributed by atoms with Crippen LogP contribution in [-0.4, -0.2) is 36.5 Å². The minimum absolute atomic E-state index is 0.295. The third kappa shape index (κ3) is 4.56. The molecule has 88 valence electrons. The number of anilines is 1. The molecule has 0 aliphatic carbocycles. The van der Waals surface area contributed by atoms with E-state index in [2.05, 4.69) is 20.8 Å². The summed E-state index contributed by atoms with van der Waals surface area (Å²) in [5.74, 6) is 0.295. The summed E-state index contributed by atoms with van der Waals surface area (Å²) >= 11 is 0. The summed E-state index contributed by atoms with van der Waals surface area (Å²) in [6.07, 6.45) is 0.739. The quantitative estimate of drug-likeness (QED) is 0.612. The van der Waals surface area contributed by atoms with E-state index in [1.165, 1.54) is 12.1 Å². The molecule has 16 heavy (non-hydrogen) atoms. The fourth-order valence-electron chi connectivity index (χ4n) is 0.993. The largest absolute Gasteiger partial charge is 0.385 e. The number of H-pyrrole nitrogens is 1. The van der Waals surface area contributed by atoms with E-state index in [0.29, 0.717) is 19.0 Å². The number of carbonyl (C=O) groups excluding carboxylic acids is 1. The lowest BCUT2D eigenvalue weighted by atomic mass is 10.4. The molecule has 0 radical (unpaired) electrons. The smallest absolute Gasteiger partial charge is 0.320 e. The average Bonchev–Trinajstić information content (AvgIpc) is 2.28. The van der Waals surface area contributed by atoms with E-state index in [1.54, 1.807) is 7.11 Å². The number of urea groups is 1. The number of hydrogen-bond donors (Lipinski definition) is 3. The normalized spacial score (nSPS) is 9.81. The van der Waals surface area contributed by atoms with E-state index in [9.17, 15) is 9.59 Å². The molecule has 0 atom stereocenters. The molecule has 0 aliphatic rings. The van der Waals surface area contributed by atoms with Crippen molar-refractivity contribution in [1.82, 2.24) is 15.5 Å². The molecular formula is C9H14N4O3. The summed E-state index contributed by atoms with van der Waals surface area (Å²) in [5, 5.41) is 10.9. The van der Waals surface area contributed by atoms with Crippen LogP contribution in [0.5, 0.6) is 0 Å². The van der Waals surface area contributed by atoms with Crippen LogP contribution in [0.3, 0.4) is 0 Å². The van der Waals surface area contributed by atoms with Crippen molar-refractivity contribution < 1.29 is 9.53 Å². The van der Waals surface area contributed by atoms with Gasteiger partial charge in [-0.2, -0.15) is 5.10 Å². The lowest BCUT2D eigenvalue weighted by Crippen LogP contribution is -2.30. The number of amides is 2. The number of nitrogens with one attached hydrogen (secondary N) is 3. The number of carbonyl (C=O) groups is 1. The van der Waals surface area contributed by atoms with Crippen molar-refractivity contribution in [2.45, 2.75) is 6.42 Å². The molecule has 0 fully saturated rings. The van der Waals surface area contributed by atoms with Gasteiger partial charge >= 0.3 is 6.03 Å². The summed E-state index contributed by atoms with van der Waals surface area (Å²) in [6.45, 7) is 1.11. The fraction of sp³-hybridized carbons (Fsp3) is 0.444. The Labute approximate surface area is 92.2 Å². The summed E-state index contributed by atoms with van der Waals surface area (Å²) in [6, 6.07) is 2.34. The second kappa shape index (κ2) is 6.57. The second-order valence-electron chi connectivity index (χ2n) is 3.03. The SMILES string of the molecule is COCCCNC(=O)Nc1ccc(=O)[nH]n1. The topological polar surface area (TPSA) is 96.1 Å². The van der Waals surface area contributed by atoms with Gasteiger partial charge in [0.15, 0.2) is 5.82 Å². The van der Waals surface area contributed by atoms with Gasteiger partial charge in [0, 0.05) is 26.3 Å². The van der Waals surface area contributed by atoms with Gasteiger partial charge in [-0.3, -0.25) is 10.1 Å². The van der Waals surface area contributed by atoms with Gasteiger partial charge in [0.05, 0.1) is 0 Å². The van der Waals surface area contributed by atoms with Crippen molar-refractivity contribution in [3.05, 3.63) is 22.5 Å². The zero-order valence-electron chi connectivity index (χ0n) is 8.95. The zero-order valence-corrected chi connectivity index (χ0v) is 8.95. The molecule has 0 unspecified atom stereocenters. The Hall–Kier alpha value is -1.89. The van der Waals surface area contributed by atoms with Gasteiger partial charge in [0.1, 0.15) is 0 Å². The Morgan fingerprint density at radius 2 is 2.38 bits per heavy atom. The van der Waals surface area contributed by atoms with Crippen LogP contribution in [0.1, 0.15) is 6.42 Å². The highest BCUT2D eigenvalue weighted by atomic mass is 16.5. The maximum absolute atomic E-state index is 11.3. The van der Waals surface area contributed by atoms with Crippen molar-refractivity contribution in [3.8, 4) is 0 Å². The van der Waals surface area contributed by atoms with Crippen LogP contribution in [0.15, 0.2) is 16.9 Å². The molecule has 0 aromatic carbocycles. The van der Waals surface area contributed by atoms with Crippen molar-refractivity contribution in [1.29, 1.82) is 0 Å². The summed E-state index contributed by atoms with van der Waals surface area (Å²) < 4.78 is 4.83. The lowest BCUT2D eigenvalue weighted by molar-refractivity contribution is 0.194. The molecular weight excluding hydrogens is 212 g/mol. The van der Waals surface area contributed by atoms with Crippen LogP contribution in [0.25, 0.3) is 0 Å². The lowest BCUT2D eigenvalue weighted by Gasteiger charge is -2.05. The molecule has 1 heterocycles. The minimum atomic E-state index is -0.365. The van der Waals surface area contributed by atoms with Crippen molar-refractivity contribution >= 4 is 11.8 Å². The molecule has 0 spiro atoms. The molecule has 0 aliphatic heterocycles. The predicted octanol–water partition coefficient (Wildman–Crippen LogP) is -0.0721. The molecule has 1 aromatic rings. The van der Waals surface area contributed by atoms with E-state index in [4.69, 9.17) is 4.74 Å². The number of nitrogens with zero attached hydrogens (tertiary/aromatic N) is 1. The van der Waals surface area contributed by atoms with Crippen LogP contribution in [0, 0.1) is 0 Å². The van der Waals surface area contributed by atoms with Gasteiger partial charge < -0.3 is 10.1 Å². The standard InChI is InChI=1S/C9H14N4O3/c1-16-6-2-5-10-9(15)11-7-3-4-8(14)13-12-7/h3-4H,2,5-6H2,1H3,(H,13,14)(H2,10,11,12,15). The maximum atomic E-state index is 11.3. The van der Waals surface area contributed by atoms with E-state index in [1.807, 2.05) is 0 Å². The van der Waals surface area contributed by atoms with E-state index in [0.717, 1.165) is 6.42 Å². The molecule has 0 saturated heterocycles. The maximum Gasteiger partial charge on any atom is 0.320 e.